The Labute approximate surface area is 177 Å². The zero-order valence-electron chi connectivity index (χ0n) is 16.6. The van der Waals surface area contributed by atoms with Crippen LogP contribution in [0.4, 0.5) is 16.5 Å². The lowest BCUT2D eigenvalue weighted by molar-refractivity contribution is -0.432. The molecule has 0 aliphatic heterocycles. The first-order chi connectivity index (χ1) is 14.1. The lowest BCUT2D eigenvalue weighted by atomic mass is 10.2. The summed E-state index contributed by atoms with van der Waals surface area (Å²) in [4.78, 5) is 7.24. The van der Waals surface area contributed by atoms with Crippen molar-refractivity contribution in [1.29, 1.82) is 0 Å². The zero-order chi connectivity index (χ0) is 20.8. The number of methoxy groups -OCH3 is 1. The van der Waals surface area contributed by atoms with Gasteiger partial charge in [0.2, 0.25) is 5.13 Å². The Kier molecular flexibility index (Phi) is 7.40. The van der Waals surface area contributed by atoms with Crippen molar-refractivity contribution >= 4 is 50.1 Å². The number of fused-ring (bicyclic) bond motifs is 1. The average Bonchev–Trinajstić information content (AvgIpc) is 3.14. The predicted molar refractivity (Wildman–Crippen MR) is 116 cm³/mol. The lowest BCUT2D eigenvalue weighted by Gasteiger charge is -2.24. The zero-order valence-corrected chi connectivity index (χ0v) is 18.2. The molecule has 0 saturated heterocycles. The first-order valence-electron chi connectivity index (χ1n) is 9.00. The fraction of sp³-hybridized carbons (Fsp3) is 0.316. The van der Waals surface area contributed by atoms with E-state index in [0.29, 0.717) is 21.5 Å². The highest BCUT2D eigenvalue weighted by atomic mass is 32.2. The molecular weight excluding hydrogens is 412 g/mol. The summed E-state index contributed by atoms with van der Waals surface area (Å²) in [7, 11) is 1.61. The van der Waals surface area contributed by atoms with Gasteiger partial charge in [-0.2, -0.15) is 0 Å². The van der Waals surface area contributed by atoms with Crippen LogP contribution in [0.15, 0.2) is 45.5 Å². The second-order valence-corrected chi connectivity index (χ2v) is 7.81. The molecule has 10 heteroatoms. The summed E-state index contributed by atoms with van der Waals surface area (Å²) in [5.41, 5.74) is 3.45. The first kappa shape index (κ1) is 21.5. The van der Waals surface area contributed by atoms with Crippen molar-refractivity contribution in [2.24, 2.45) is 10.2 Å². The van der Waals surface area contributed by atoms with Gasteiger partial charge in [0.15, 0.2) is 0 Å². The maximum absolute atomic E-state index is 8.56. The number of anilines is 1. The normalized spacial score (nSPS) is 11.5. The van der Waals surface area contributed by atoms with E-state index in [-0.39, 0.29) is 0 Å². The van der Waals surface area contributed by atoms with Crippen LogP contribution in [0.25, 0.3) is 10.2 Å². The van der Waals surface area contributed by atoms with Crippen molar-refractivity contribution in [2.45, 2.75) is 25.7 Å². The molecule has 3 rings (SSSR count). The molecular formula is C19H22N4O4S2. The minimum Gasteiger partial charge on any atom is -0.495 e. The average molecular weight is 435 g/mol. The molecule has 0 atom stereocenters. The summed E-state index contributed by atoms with van der Waals surface area (Å²) < 4.78 is 11.3. The SMILES string of the molecule is CCN(CC)c1cc(SOOO)c(N=Nc2nc3ccc(C)cc3s2)cc1OC. The lowest BCUT2D eigenvalue weighted by Crippen LogP contribution is -2.22. The minimum atomic E-state index is 0.509. The summed E-state index contributed by atoms with van der Waals surface area (Å²) in [5, 5.41) is 21.5. The summed E-state index contributed by atoms with van der Waals surface area (Å²) in [6, 6.07) is 9.70. The topological polar surface area (TPSA) is 88.8 Å². The number of rotatable bonds is 9. The van der Waals surface area contributed by atoms with Gasteiger partial charge in [-0.25, -0.2) is 10.2 Å². The van der Waals surface area contributed by atoms with E-state index in [4.69, 9.17) is 9.99 Å². The fourth-order valence-electron chi connectivity index (χ4n) is 2.87. The summed E-state index contributed by atoms with van der Waals surface area (Å²) in [6.07, 6.45) is 0. The maximum Gasteiger partial charge on any atom is 0.231 e. The first-order valence-corrected chi connectivity index (χ1v) is 10.6. The molecule has 0 amide bonds. The van der Waals surface area contributed by atoms with Gasteiger partial charge < -0.3 is 9.64 Å². The Morgan fingerprint density at radius 3 is 2.66 bits per heavy atom. The van der Waals surface area contributed by atoms with Crippen LogP contribution in [-0.2, 0) is 9.37 Å². The highest BCUT2D eigenvalue weighted by molar-refractivity contribution is 7.94. The van der Waals surface area contributed by atoms with Crippen molar-refractivity contribution in [3.8, 4) is 5.75 Å². The Morgan fingerprint density at radius 1 is 1.17 bits per heavy atom. The van der Waals surface area contributed by atoms with E-state index in [1.54, 1.807) is 13.2 Å². The molecule has 0 aliphatic carbocycles. The van der Waals surface area contributed by atoms with Crippen molar-refractivity contribution in [2.75, 3.05) is 25.1 Å². The molecule has 0 aliphatic rings. The predicted octanol–water partition coefficient (Wildman–Crippen LogP) is 6.30. The monoisotopic (exact) mass is 434 g/mol. The minimum absolute atomic E-state index is 0.509. The van der Waals surface area contributed by atoms with E-state index in [9.17, 15) is 0 Å². The molecule has 0 bridgehead atoms. The van der Waals surface area contributed by atoms with Crippen LogP contribution in [0.3, 0.4) is 0 Å². The molecule has 0 unspecified atom stereocenters. The van der Waals surface area contributed by atoms with E-state index in [1.807, 2.05) is 25.1 Å². The number of aryl methyl sites for hydroxylation is 1. The van der Waals surface area contributed by atoms with E-state index < -0.39 is 0 Å². The number of ether oxygens (including phenoxy) is 1. The second-order valence-electron chi connectivity index (χ2n) is 6.06. The van der Waals surface area contributed by atoms with Gasteiger partial charge in [-0.15, -0.1) is 14.6 Å². The number of benzene rings is 2. The number of aromatic nitrogens is 1. The standard InChI is InChI=1S/C19H22N4O4S2/c1-5-23(6-2)15-11-18(29-27-26-24)14(10-16(15)25-4)21-22-19-20-13-8-7-12(3)9-17(13)28-19/h7-11,24H,5-6H2,1-4H3. The molecule has 154 valence electrons. The smallest absolute Gasteiger partial charge is 0.231 e. The number of thiazole rings is 1. The highest BCUT2D eigenvalue weighted by Gasteiger charge is 2.16. The van der Waals surface area contributed by atoms with Crippen LogP contribution in [0.5, 0.6) is 5.75 Å². The Hall–Kier alpha value is -2.24. The number of hydrogen-bond donors (Lipinski definition) is 1. The molecule has 3 aromatic rings. The highest BCUT2D eigenvalue weighted by Crippen LogP contribution is 2.41. The third-order valence-electron chi connectivity index (χ3n) is 4.29. The second kappa shape index (κ2) is 9.99. The molecule has 8 nitrogen and oxygen atoms in total. The molecule has 0 fully saturated rings. The van der Waals surface area contributed by atoms with Gasteiger partial charge in [-0.1, -0.05) is 22.4 Å². The van der Waals surface area contributed by atoms with Crippen LogP contribution in [-0.4, -0.2) is 30.4 Å². The van der Waals surface area contributed by atoms with Crippen LogP contribution in [0.2, 0.25) is 0 Å². The fourth-order valence-corrected chi connectivity index (χ4v) is 4.20. The summed E-state index contributed by atoms with van der Waals surface area (Å²) >= 11 is 2.30. The summed E-state index contributed by atoms with van der Waals surface area (Å²) in [6.45, 7) is 7.77. The van der Waals surface area contributed by atoms with Gasteiger partial charge in [-0.3, -0.25) is 0 Å². The van der Waals surface area contributed by atoms with Crippen LogP contribution >= 0.6 is 23.4 Å². The van der Waals surface area contributed by atoms with Gasteiger partial charge >= 0.3 is 0 Å². The van der Waals surface area contributed by atoms with Crippen molar-refractivity contribution < 1.29 is 19.4 Å². The maximum atomic E-state index is 8.56. The van der Waals surface area contributed by atoms with Crippen molar-refractivity contribution in [3.05, 3.63) is 35.9 Å². The van der Waals surface area contributed by atoms with Gasteiger partial charge in [0.25, 0.3) is 0 Å². The van der Waals surface area contributed by atoms with Crippen LogP contribution < -0.4 is 9.64 Å². The number of hydrogen-bond acceptors (Lipinski definition) is 10. The molecule has 29 heavy (non-hydrogen) atoms. The molecule has 1 heterocycles. The van der Waals surface area contributed by atoms with Crippen LogP contribution in [0.1, 0.15) is 19.4 Å². The Bertz CT molecular complexity index is 1010. The van der Waals surface area contributed by atoms with E-state index in [1.165, 1.54) is 16.9 Å². The van der Waals surface area contributed by atoms with Crippen molar-refractivity contribution in [1.82, 2.24) is 4.98 Å². The number of azo groups is 1. The van der Waals surface area contributed by atoms with Crippen LogP contribution in [0, 0.1) is 6.92 Å². The molecule has 2 aromatic carbocycles. The Morgan fingerprint density at radius 2 is 1.97 bits per heavy atom. The van der Waals surface area contributed by atoms with E-state index in [0.717, 1.165) is 41.0 Å². The molecule has 1 aromatic heterocycles. The van der Waals surface area contributed by atoms with Gasteiger partial charge in [0.05, 0.1) is 40.0 Å². The molecule has 0 saturated carbocycles. The third-order valence-corrected chi connectivity index (χ3v) is 5.83. The molecule has 0 spiro atoms. The van der Waals surface area contributed by atoms with Gasteiger partial charge in [-0.05, 0) is 44.5 Å². The molecule has 1 N–H and O–H groups in total. The van der Waals surface area contributed by atoms with E-state index >= 15 is 0 Å². The quantitative estimate of drug-likeness (QED) is 0.183. The van der Waals surface area contributed by atoms with Gasteiger partial charge in [0, 0.05) is 19.2 Å². The third kappa shape index (κ3) is 5.03. The largest absolute Gasteiger partial charge is 0.495 e. The van der Waals surface area contributed by atoms with Gasteiger partial charge in [0.1, 0.15) is 11.4 Å². The number of nitrogens with zero attached hydrogens (tertiary/aromatic N) is 4. The van der Waals surface area contributed by atoms with E-state index in [2.05, 4.69) is 49.4 Å². The molecule has 0 radical (unpaired) electrons. The van der Waals surface area contributed by atoms with Crippen molar-refractivity contribution in [3.63, 3.8) is 0 Å². The Balaban J connectivity index is 1.99. The summed E-state index contributed by atoms with van der Waals surface area (Å²) in [5.74, 6) is 0.664.